The Morgan fingerprint density at radius 1 is 0.950 bits per heavy atom. The summed E-state index contributed by atoms with van der Waals surface area (Å²) in [7, 11) is 5.97. The van der Waals surface area contributed by atoms with Gasteiger partial charge in [-0.2, -0.15) is 0 Å². The van der Waals surface area contributed by atoms with Gasteiger partial charge >= 0.3 is 19.3 Å². The number of halogens is 1. The molecule has 0 radical (unpaired) electrons. The molecule has 2 nitrogen and oxygen atoms in total. The van der Waals surface area contributed by atoms with Crippen molar-refractivity contribution in [2.45, 2.75) is 76.2 Å². The lowest BCUT2D eigenvalue weighted by atomic mass is 10.0. The van der Waals surface area contributed by atoms with E-state index in [9.17, 15) is 0 Å². The van der Waals surface area contributed by atoms with Crippen molar-refractivity contribution in [2.75, 3.05) is 20.0 Å². The first-order valence-corrected chi connectivity index (χ1v) is 11.4. The van der Waals surface area contributed by atoms with E-state index in [1.54, 1.807) is 0 Å². The van der Waals surface area contributed by atoms with Crippen LogP contribution in [0.5, 0.6) is 0 Å². The van der Waals surface area contributed by atoms with Crippen molar-refractivity contribution in [1.29, 1.82) is 0 Å². The Morgan fingerprint density at radius 3 is 2.25 bits per heavy atom. The molecular formula is C16H33ClMgO2. The van der Waals surface area contributed by atoms with Crippen molar-refractivity contribution in [3.8, 4) is 0 Å². The minimum absolute atomic E-state index is 0.334. The van der Waals surface area contributed by atoms with Crippen LogP contribution in [0.3, 0.4) is 0 Å². The predicted octanol–water partition coefficient (Wildman–Crippen LogP) is 5.42. The first-order valence-electron chi connectivity index (χ1n) is 8.42. The standard InChI is InChI=1S/C16H33O2.ClH.Mg/c1-4-6-7-8-9-13-17-15-18-14-10-12-16(3)11-5-2;;/h5,16H,4,6-15H2,1-3H3;1H;/q;;+1/p-1. The fraction of sp³-hybridized carbons (Fsp3) is 1.00. The van der Waals surface area contributed by atoms with Crippen LogP contribution in [0.25, 0.3) is 0 Å². The highest BCUT2D eigenvalue weighted by molar-refractivity contribution is 6.94. The normalized spacial score (nSPS) is 14.0. The van der Waals surface area contributed by atoms with Gasteiger partial charge in [0.15, 0.2) is 0 Å². The Hall–Kier alpha value is 0.976. The first kappa shape index (κ1) is 21.0. The maximum Gasteiger partial charge on any atom is 0.504 e. The summed E-state index contributed by atoms with van der Waals surface area (Å²) >= 11 is -0.334. The maximum absolute atomic E-state index is 5.97. The molecule has 0 aliphatic heterocycles. The Labute approximate surface area is 139 Å². The van der Waals surface area contributed by atoms with Gasteiger partial charge in [0, 0.05) is 13.2 Å². The summed E-state index contributed by atoms with van der Waals surface area (Å²) in [5.74, 6) is 0.777. The minimum Gasteiger partial charge on any atom is -0.355 e. The van der Waals surface area contributed by atoms with Gasteiger partial charge in [0.1, 0.15) is 6.79 Å². The molecule has 0 aliphatic carbocycles. The van der Waals surface area contributed by atoms with E-state index in [2.05, 4.69) is 20.8 Å². The third kappa shape index (κ3) is 15.4. The highest BCUT2D eigenvalue weighted by Crippen LogP contribution is 2.20. The van der Waals surface area contributed by atoms with Crippen LogP contribution in [0.2, 0.25) is 4.05 Å². The number of hydrogen-bond donors (Lipinski definition) is 0. The molecule has 20 heavy (non-hydrogen) atoms. The van der Waals surface area contributed by atoms with Crippen LogP contribution in [0.4, 0.5) is 0 Å². The fourth-order valence-electron chi connectivity index (χ4n) is 2.39. The van der Waals surface area contributed by atoms with Crippen molar-refractivity contribution in [3.63, 3.8) is 0 Å². The average molecular weight is 317 g/mol. The second-order valence-electron chi connectivity index (χ2n) is 6.09. The quantitative estimate of drug-likeness (QED) is 0.228. The van der Waals surface area contributed by atoms with Gasteiger partial charge < -0.3 is 18.5 Å². The molecule has 0 heterocycles. The predicted molar refractivity (Wildman–Crippen MR) is 89.6 cm³/mol. The molecule has 2 unspecified atom stereocenters. The molecule has 118 valence electrons. The van der Waals surface area contributed by atoms with E-state index in [0.717, 1.165) is 29.6 Å². The van der Waals surface area contributed by atoms with E-state index >= 15 is 0 Å². The molecule has 0 N–H and O–H groups in total. The zero-order valence-electron chi connectivity index (χ0n) is 13.8. The van der Waals surface area contributed by atoms with Crippen LogP contribution in [-0.2, 0) is 9.47 Å². The highest BCUT2D eigenvalue weighted by Gasteiger charge is 2.09. The molecule has 0 aromatic carbocycles. The lowest BCUT2D eigenvalue weighted by molar-refractivity contribution is -0.0560. The molecule has 0 aliphatic rings. The summed E-state index contributed by atoms with van der Waals surface area (Å²) in [6, 6.07) is 0. The van der Waals surface area contributed by atoms with Crippen LogP contribution in [0.15, 0.2) is 0 Å². The van der Waals surface area contributed by atoms with Crippen LogP contribution in [-0.4, -0.2) is 39.3 Å². The average Bonchev–Trinajstić information content (AvgIpc) is 2.44. The van der Waals surface area contributed by atoms with Crippen LogP contribution in [0, 0.1) is 5.92 Å². The van der Waals surface area contributed by atoms with E-state index in [0.29, 0.717) is 6.79 Å². The molecule has 0 saturated heterocycles. The summed E-state index contributed by atoms with van der Waals surface area (Å²) in [5.41, 5.74) is 0. The molecule has 0 bridgehead atoms. The zero-order valence-corrected chi connectivity index (χ0v) is 16.0. The van der Waals surface area contributed by atoms with Gasteiger partial charge in [0.05, 0.1) is 0 Å². The zero-order chi connectivity index (χ0) is 15.1. The van der Waals surface area contributed by atoms with Gasteiger partial charge in [0.2, 0.25) is 0 Å². The molecule has 0 fully saturated rings. The first-order chi connectivity index (χ1) is 9.70. The molecule has 0 amide bonds. The summed E-state index contributed by atoms with van der Waals surface area (Å²) in [4.78, 5) is 0. The number of unbranched alkanes of at least 4 members (excludes halogenated alkanes) is 4. The van der Waals surface area contributed by atoms with Gasteiger partial charge in [-0.3, -0.25) is 0 Å². The number of rotatable bonds is 15. The fourth-order valence-corrected chi connectivity index (χ4v) is 3.46. The third-order valence-corrected chi connectivity index (χ3v) is 6.05. The van der Waals surface area contributed by atoms with Gasteiger partial charge in [-0.15, -0.1) is 4.05 Å². The van der Waals surface area contributed by atoms with Crippen LogP contribution in [0.1, 0.15) is 72.1 Å². The van der Waals surface area contributed by atoms with Crippen molar-refractivity contribution in [3.05, 3.63) is 0 Å². The van der Waals surface area contributed by atoms with Crippen LogP contribution < -0.4 is 0 Å². The maximum atomic E-state index is 5.97. The summed E-state index contributed by atoms with van der Waals surface area (Å²) in [6.45, 7) is 8.98. The number of ether oxygens (including phenoxy) is 2. The molecule has 0 saturated carbocycles. The largest absolute Gasteiger partial charge is 0.504 e. The minimum atomic E-state index is -0.334. The highest BCUT2D eigenvalue weighted by atomic mass is 35.5. The Bertz CT molecular complexity index is 193. The monoisotopic (exact) mass is 316 g/mol. The van der Waals surface area contributed by atoms with E-state index in [1.165, 1.54) is 44.9 Å². The molecule has 0 spiro atoms. The van der Waals surface area contributed by atoms with E-state index in [4.69, 9.17) is 18.5 Å². The summed E-state index contributed by atoms with van der Waals surface area (Å²) < 4.78 is 11.7. The van der Waals surface area contributed by atoms with Crippen molar-refractivity contribution in [2.24, 2.45) is 5.92 Å². The second kappa shape index (κ2) is 16.3. The summed E-state index contributed by atoms with van der Waals surface area (Å²) in [5, 5.41) is 0. The van der Waals surface area contributed by atoms with Gasteiger partial charge in [0.25, 0.3) is 0 Å². The smallest absolute Gasteiger partial charge is 0.355 e. The SMILES string of the molecule is CCCCCCCOCOCCCC(C)C[CH](C)[Mg][Cl]. The molecule has 2 atom stereocenters. The van der Waals surface area contributed by atoms with E-state index in [-0.39, 0.29) is 19.3 Å². The van der Waals surface area contributed by atoms with E-state index < -0.39 is 0 Å². The summed E-state index contributed by atoms with van der Waals surface area (Å²) in [6.07, 6.45) is 10.1. The van der Waals surface area contributed by atoms with Crippen molar-refractivity contribution >= 4 is 28.3 Å². The molecular weight excluding hydrogens is 284 g/mol. The molecule has 4 heteroatoms. The van der Waals surface area contributed by atoms with Crippen molar-refractivity contribution in [1.82, 2.24) is 0 Å². The Balaban J connectivity index is 3.12. The lowest BCUT2D eigenvalue weighted by Crippen LogP contribution is -2.06. The third-order valence-electron chi connectivity index (χ3n) is 3.61. The van der Waals surface area contributed by atoms with Crippen LogP contribution >= 0.6 is 9.07 Å². The van der Waals surface area contributed by atoms with Gasteiger partial charge in [-0.05, 0) is 25.2 Å². The van der Waals surface area contributed by atoms with Gasteiger partial charge in [-0.25, -0.2) is 0 Å². The molecule has 0 aromatic heterocycles. The molecule has 0 rings (SSSR count). The van der Waals surface area contributed by atoms with Gasteiger partial charge in [-0.1, -0.05) is 52.9 Å². The molecule has 0 aromatic rings. The lowest BCUT2D eigenvalue weighted by Gasteiger charge is -2.15. The second-order valence-corrected chi connectivity index (χ2v) is 8.72. The number of hydrogen-bond acceptors (Lipinski definition) is 2. The Morgan fingerprint density at radius 2 is 1.60 bits per heavy atom. The van der Waals surface area contributed by atoms with Crippen molar-refractivity contribution < 1.29 is 9.47 Å². The van der Waals surface area contributed by atoms with E-state index in [1.807, 2.05) is 0 Å². The topological polar surface area (TPSA) is 18.5 Å². The Kier molecular flexibility index (Phi) is 17.1.